The second-order valence-electron chi connectivity index (χ2n) is 5.37. The van der Waals surface area contributed by atoms with Crippen LogP contribution < -0.4 is 0 Å². The number of fused-ring (bicyclic) bond motifs is 4. The standard InChI is InChI=1S/C12H17N3O/c13-8-14-5-9-4-10(7-14)11-2-1-3-12(16)15(11)6-9/h9-11H,1-7H2/t9-,10-,11-/m0/s1. The van der Waals surface area contributed by atoms with E-state index in [-0.39, 0.29) is 0 Å². The van der Waals surface area contributed by atoms with Crippen LogP contribution >= 0.6 is 0 Å². The van der Waals surface area contributed by atoms with Crippen LogP contribution in [-0.2, 0) is 4.79 Å². The van der Waals surface area contributed by atoms with Crippen LogP contribution in [0.15, 0.2) is 0 Å². The van der Waals surface area contributed by atoms with E-state index in [1.165, 1.54) is 6.42 Å². The summed E-state index contributed by atoms with van der Waals surface area (Å²) >= 11 is 0. The molecule has 16 heavy (non-hydrogen) atoms. The van der Waals surface area contributed by atoms with E-state index in [2.05, 4.69) is 11.1 Å². The van der Waals surface area contributed by atoms with Crippen molar-refractivity contribution in [3.05, 3.63) is 0 Å². The second-order valence-corrected chi connectivity index (χ2v) is 5.37. The molecule has 0 radical (unpaired) electrons. The zero-order valence-corrected chi connectivity index (χ0v) is 9.43. The predicted octanol–water partition coefficient (Wildman–Crippen LogP) is 0.800. The van der Waals surface area contributed by atoms with E-state index in [1.807, 2.05) is 4.90 Å². The Morgan fingerprint density at radius 1 is 1.31 bits per heavy atom. The third kappa shape index (κ3) is 1.46. The Morgan fingerprint density at radius 2 is 2.19 bits per heavy atom. The first kappa shape index (κ1) is 9.95. The Morgan fingerprint density at radius 3 is 3.00 bits per heavy atom. The molecule has 3 aliphatic rings. The van der Waals surface area contributed by atoms with Gasteiger partial charge in [0.05, 0.1) is 0 Å². The Balaban J connectivity index is 1.81. The molecule has 3 atom stereocenters. The summed E-state index contributed by atoms with van der Waals surface area (Å²) < 4.78 is 0. The van der Waals surface area contributed by atoms with E-state index in [4.69, 9.17) is 5.26 Å². The first-order valence-electron chi connectivity index (χ1n) is 6.22. The minimum absolute atomic E-state index is 0.344. The summed E-state index contributed by atoms with van der Waals surface area (Å²) in [6.45, 7) is 2.60. The third-order valence-electron chi connectivity index (χ3n) is 4.32. The first-order chi connectivity index (χ1) is 7.78. The summed E-state index contributed by atoms with van der Waals surface area (Å²) in [5.41, 5.74) is 0. The summed E-state index contributed by atoms with van der Waals surface area (Å²) in [5.74, 6) is 1.41. The second kappa shape index (κ2) is 3.65. The molecule has 0 aromatic heterocycles. The number of likely N-dealkylation sites (tertiary alicyclic amines) is 1. The van der Waals surface area contributed by atoms with Gasteiger partial charge in [-0.25, -0.2) is 0 Å². The highest BCUT2D eigenvalue weighted by molar-refractivity contribution is 5.77. The molecule has 0 unspecified atom stereocenters. The molecule has 86 valence electrons. The van der Waals surface area contributed by atoms with Crippen molar-refractivity contribution in [3.63, 3.8) is 0 Å². The Bertz CT molecular complexity index is 349. The van der Waals surface area contributed by atoms with Crippen molar-refractivity contribution in [3.8, 4) is 6.19 Å². The van der Waals surface area contributed by atoms with Crippen molar-refractivity contribution in [2.75, 3.05) is 19.6 Å². The van der Waals surface area contributed by atoms with E-state index in [0.29, 0.717) is 23.8 Å². The van der Waals surface area contributed by atoms with Gasteiger partial charge in [0, 0.05) is 32.1 Å². The molecule has 0 spiro atoms. The van der Waals surface area contributed by atoms with Gasteiger partial charge in [-0.2, -0.15) is 5.26 Å². The van der Waals surface area contributed by atoms with Crippen molar-refractivity contribution >= 4 is 5.91 Å². The molecule has 3 saturated heterocycles. The molecule has 1 amide bonds. The highest BCUT2D eigenvalue weighted by Gasteiger charge is 2.43. The van der Waals surface area contributed by atoms with Crippen LogP contribution in [0.1, 0.15) is 25.7 Å². The number of nitrogens with zero attached hydrogens (tertiary/aromatic N) is 3. The van der Waals surface area contributed by atoms with Crippen LogP contribution in [0.4, 0.5) is 0 Å². The van der Waals surface area contributed by atoms with Crippen LogP contribution in [0.5, 0.6) is 0 Å². The number of hydrogen-bond acceptors (Lipinski definition) is 3. The smallest absolute Gasteiger partial charge is 0.222 e. The topological polar surface area (TPSA) is 47.3 Å². The Kier molecular flexibility index (Phi) is 2.27. The van der Waals surface area contributed by atoms with Crippen LogP contribution in [-0.4, -0.2) is 41.4 Å². The maximum atomic E-state index is 11.9. The van der Waals surface area contributed by atoms with Crippen molar-refractivity contribution in [1.29, 1.82) is 5.26 Å². The van der Waals surface area contributed by atoms with Gasteiger partial charge in [0.1, 0.15) is 0 Å². The Hall–Kier alpha value is -1.24. The molecule has 3 aliphatic heterocycles. The molecule has 2 bridgehead atoms. The Labute approximate surface area is 95.8 Å². The fourth-order valence-electron chi connectivity index (χ4n) is 3.69. The monoisotopic (exact) mass is 219 g/mol. The molecule has 0 aromatic carbocycles. The normalized spacial score (nSPS) is 37.9. The van der Waals surface area contributed by atoms with Crippen LogP contribution in [0.2, 0.25) is 0 Å². The van der Waals surface area contributed by atoms with E-state index in [0.717, 1.165) is 38.9 Å². The summed E-state index contributed by atoms with van der Waals surface area (Å²) in [4.78, 5) is 15.9. The van der Waals surface area contributed by atoms with Crippen molar-refractivity contribution in [2.45, 2.75) is 31.7 Å². The molecule has 0 aromatic rings. The summed E-state index contributed by atoms with van der Waals surface area (Å²) in [6.07, 6.45) is 6.39. The van der Waals surface area contributed by atoms with E-state index >= 15 is 0 Å². The van der Waals surface area contributed by atoms with Gasteiger partial charge >= 0.3 is 0 Å². The van der Waals surface area contributed by atoms with Gasteiger partial charge < -0.3 is 9.80 Å². The minimum atomic E-state index is 0.344. The lowest BCUT2D eigenvalue weighted by molar-refractivity contribution is -0.144. The van der Waals surface area contributed by atoms with Gasteiger partial charge in [-0.3, -0.25) is 4.79 Å². The van der Waals surface area contributed by atoms with Gasteiger partial charge in [0.25, 0.3) is 0 Å². The number of rotatable bonds is 0. The molecule has 4 nitrogen and oxygen atoms in total. The third-order valence-corrected chi connectivity index (χ3v) is 4.32. The zero-order chi connectivity index (χ0) is 11.1. The number of amides is 1. The SMILES string of the molecule is N#CN1C[C@@H]2C[C@@H](C1)[C@@H]1CCCC(=O)N1C2. The molecular weight excluding hydrogens is 202 g/mol. The van der Waals surface area contributed by atoms with Crippen LogP contribution in [0.25, 0.3) is 0 Å². The first-order valence-corrected chi connectivity index (χ1v) is 6.22. The lowest BCUT2D eigenvalue weighted by Crippen LogP contribution is -2.59. The number of piperidine rings is 3. The van der Waals surface area contributed by atoms with Gasteiger partial charge in [0.2, 0.25) is 5.91 Å². The summed E-state index contributed by atoms with van der Waals surface area (Å²) in [6, 6.07) is 0.425. The quantitative estimate of drug-likeness (QED) is 0.566. The fraction of sp³-hybridized carbons (Fsp3) is 0.833. The molecule has 4 heteroatoms. The number of carbonyl (C=O) groups excluding carboxylic acids is 1. The van der Waals surface area contributed by atoms with E-state index < -0.39 is 0 Å². The summed E-state index contributed by atoms with van der Waals surface area (Å²) in [7, 11) is 0. The highest BCUT2D eigenvalue weighted by atomic mass is 16.2. The number of nitriles is 1. The largest absolute Gasteiger partial charge is 0.339 e. The molecular formula is C12H17N3O. The number of hydrogen-bond donors (Lipinski definition) is 0. The van der Waals surface area contributed by atoms with Gasteiger partial charge in [0.15, 0.2) is 6.19 Å². The summed E-state index contributed by atoms with van der Waals surface area (Å²) in [5, 5.41) is 8.99. The van der Waals surface area contributed by atoms with Crippen molar-refractivity contribution in [1.82, 2.24) is 9.80 Å². The minimum Gasteiger partial charge on any atom is -0.339 e. The van der Waals surface area contributed by atoms with Gasteiger partial charge in [-0.1, -0.05) is 0 Å². The van der Waals surface area contributed by atoms with Gasteiger partial charge in [-0.15, -0.1) is 0 Å². The lowest BCUT2D eigenvalue weighted by atomic mass is 9.76. The maximum Gasteiger partial charge on any atom is 0.222 e. The van der Waals surface area contributed by atoms with E-state index in [1.54, 1.807) is 0 Å². The van der Waals surface area contributed by atoms with Crippen LogP contribution in [0, 0.1) is 23.3 Å². The fourth-order valence-corrected chi connectivity index (χ4v) is 3.69. The van der Waals surface area contributed by atoms with Gasteiger partial charge in [-0.05, 0) is 31.1 Å². The average Bonchev–Trinajstić information content (AvgIpc) is 2.30. The lowest BCUT2D eigenvalue weighted by Gasteiger charge is -2.51. The van der Waals surface area contributed by atoms with Crippen LogP contribution in [0.3, 0.4) is 0 Å². The molecule has 0 saturated carbocycles. The average molecular weight is 219 g/mol. The molecule has 3 rings (SSSR count). The molecule has 0 N–H and O–H groups in total. The van der Waals surface area contributed by atoms with E-state index in [9.17, 15) is 4.79 Å². The maximum absolute atomic E-state index is 11.9. The number of carbonyl (C=O) groups is 1. The zero-order valence-electron chi connectivity index (χ0n) is 9.43. The predicted molar refractivity (Wildman–Crippen MR) is 58.1 cm³/mol. The highest BCUT2D eigenvalue weighted by Crippen LogP contribution is 2.37. The van der Waals surface area contributed by atoms with Crippen molar-refractivity contribution < 1.29 is 4.79 Å². The molecule has 0 aliphatic carbocycles. The molecule has 3 heterocycles. The molecule has 3 fully saturated rings. The van der Waals surface area contributed by atoms with Crippen molar-refractivity contribution in [2.24, 2.45) is 11.8 Å².